The van der Waals surface area contributed by atoms with Crippen molar-refractivity contribution in [2.75, 3.05) is 0 Å². The maximum atomic E-state index is 12.1. The second kappa shape index (κ2) is 9.65. The Kier molecular flexibility index (Phi) is 6.98. The van der Waals surface area contributed by atoms with Gasteiger partial charge in [0.1, 0.15) is 5.01 Å². The number of amides is 3. The van der Waals surface area contributed by atoms with Crippen LogP contribution in [0, 0.1) is 6.92 Å². The van der Waals surface area contributed by atoms with Crippen LogP contribution in [-0.2, 0) is 20.7 Å². The zero-order valence-electron chi connectivity index (χ0n) is 16.6. The highest BCUT2D eigenvalue weighted by molar-refractivity contribution is 7.13. The first kappa shape index (κ1) is 21.0. The van der Waals surface area contributed by atoms with E-state index in [0.717, 1.165) is 36.3 Å². The number of hydrogen-bond acceptors (Lipinski definition) is 6. The number of thiazole rings is 1. The summed E-state index contributed by atoms with van der Waals surface area (Å²) in [6.45, 7) is 3.46. The van der Waals surface area contributed by atoms with Crippen LogP contribution in [0.15, 0.2) is 29.6 Å². The van der Waals surface area contributed by atoms with Gasteiger partial charge in [0.2, 0.25) is 0 Å². The van der Waals surface area contributed by atoms with E-state index in [2.05, 4.69) is 15.6 Å². The molecule has 7 nitrogen and oxygen atoms in total. The van der Waals surface area contributed by atoms with Gasteiger partial charge >= 0.3 is 12.0 Å². The molecule has 0 bridgehead atoms. The number of imide groups is 1. The van der Waals surface area contributed by atoms with Crippen LogP contribution < -0.4 is 10.6 Å². The SMILES string of the molecule is Cc1ccc(-c2nc(CC(=O)O[C@H](C)C(=O)NC(=O)NC3CCCC3)cs2)cc1. The first-order valence-electron chi connectivity index (χ1n) is 9.73. The molecule has 0 unspecified atom stereocenters. The maximum Gasteiger partial charge on any atom is 0.321 e. The molecule has 1 atom stereocenters. The molecule has 1 heterocycles. The van der Waals surface area contributed by atoms with Crippen molar-refractivity contribution in [2.24, 2.45) is 0 Å². The number of benzene rings is 1. The highest BCUT2D eigenvalue weighted by Gasteiger charge is 2.23. The number of urea groups is 1. The van der Waals surface area contributed by atoms with Crippen LogP contribution in [0.5, 0.6) is 0 Å². The molecule has 29 heavy (non-hydrogen) atoms. The molecule has 3 amide bonds. The minimum absolute atomic E-state index is 0.0335. The zero-order chi connectivity index (χ0) is 20.8. The van der Waals surface area contributed by atoms with Gasteiger partial charge in [-0.2, -0.15) is 0 Å². The van der Waals surface area contributed by atoms with E-state index in [0.29, 0.717) is 5.69 Å². The molecule has 8 heteroatoms. The predicted molar refractivity (Wildman–Crippen MR) is 110 cm³/mol. The van der Waals surface area contributed by atoms with Gasteiger partial charge in [-0.25, -0.2) is 9.78 Å². The predicted octanol–water partition coefficient (Wildman–Crippen LogP) is 3.36. The third-order valence-electron chi connectivity index (χ3n) is 4.78. The van der Waals surface area contributed by atoms with Crippen LogP contribution in [0.1, 0.15) is 43.9 Å². The lowest BCUT2D eigenvalue weighted by Crippen LogP contribution is -2.47. The van der Waals surface area contributed by atoms with Crippen molar-refractivity contribution in [1.29, 1.82) is 0 Å². The Hall–Kier alpha value is -2.74. The quantitative estimate of drug-likeness (QED) is 0.705. The Morgan fingerprint density at radius 3 is 2.59 bits per heavy atom. The average molecular weight is 416 g/mol. The number of ether oxygens (including phenoxy) is 1. The maximum absolute atomic E-state index is 12.1. The zero-order valence-corrected chi connectivity index (χ0v) is 17.4. The Balaban J connectivity index is 1.46. The highest BCUT2D eigenvalue weighted by atomic mass is 32.1. The molecule has 0 aliphatic heterocycles. The van der Waals surface area contributed by atoms with Crippen molar-refractivity contribution in [1.82, 2.24) is 15.6 Å². The van der Waals surface area contributed by atoms with Crippen LogP contribution in [0.25, 0.3) is 10.6 Å². The molecule has 2 aromatic rings. The normalized spacial score (nSPS) is 15.0. The monoisotopic (exact) mass is 415 g/mol. The Morgan fingerprint density at radius 2 is 1.90 bits per heavy atom. The standard InChI is InChI=1S/C21H25N3O4S/c1-13-7-9-15(10-8-13)20-22-17(12-29-20)11-18(25)28-14(2)19(26)24-21(27)23-16-5-3-4-6-16/h7-10,12,14,16H,3-6,11H2,1-2H3,(H2,23,24,26,27)/t14-/m1/s1. The van der Waals surface area contributed by atoms with Crippen molar-refractivity contribution in [3.8, 4) is 10.6 Å². The van der Waals surface area contributed by atoms with E-state index in [1.54, 1.807) is 5.38 Å². The van der Waals surface area contributed by atoms with Crippen LogP contribution in [0.4, 0.5) is 4.79 Å². The lowest BCUT2D eigenvalue weighted by atomic mass is 10.2. The van der Waals surface area contributed by atoms with Crippen LogP contribution in [0.3, 0.4) is 0 Å². The van der Waals surface area contributed by atoms with Crippen molar-refractivity contribution in [2.45, 2.75) is 58.1 Å². The van der Waals surface area contributed by atoms with Gasteiger partial charge in [0.25, 0.3) is 5.91 Å². The van der Waals surface area contributed by atoms with Crippen molar-refractivity contribution >= 4 is 29.2 Å². The van der Waals surface area contributed by atoms with E-state index in [9.17, 15) is 14.4 Å². The average Bonchev–Trinajstić information content (AvgIpc) is 3.34. The lowest BCUT2D eigenvalue weighted by molar-refractivity contribution is -0.153. The minimum Gasteiger partial charge on any atom is -0.452 e. The summed E-state index contributed by atoms with van der Waals surface area (Å²) in [7, 11) is 0. The van der Waals surface area contributed by atoms with Gasteiger partial charge in [-0.15, -0.1) is 11.3 Å². The number of esters is 1. The summed E-state index contributed by atoms with van der Waals surface area (Å²) >= 11 is 1.45. The van der Waals surface area contributed by atoms with Crippen molar-refractivity contribution < 1.29 is 19.1 Å². The first-order chi connectivity index (χ1) is 13.9. The number of nitrogens with zero attached hydrogens (tertiary/aromatic N) is 1. The van der Waals surface area contributed by atoms with Gasteiger partial charge in [-0.1, -0.05) is 42.7 Å². The second-order valence-electron chi connectivity index (χ2n) is 7.26. The third-order valence-corrected chi connectivity index (χ3v) is 5.72. The van der Waals surface area contributed by atoms with E-state index < -0.39 is 24.0 Å². The lowest BCUT2D eigenvalue weighted by Gasteiger charge is -2.15. The molecule has 3 rings (SSSR count). The third kappa shape index (κ3) is 6.12. The van der Waals surface area contributed by atoms with Crippen LogP contribution in [0.2, 0.25) is 0 Å². The van der Waals surface area contributed by atoms with Gasteiger partial charge < -0.3 is 10.1 Å². The number of carbonyl (C=O) groups is 3. The Bertz CT molecular complexity index is 872. The Labute approximate surface area is 173 Å². The smallest absolute Gasteiger partial charge is 0.321 e. The summed E-state index contributed by atoms with van der Waals surface area (Å²) in [5.74, 6) is -1.21. The summed E-state index contributed by atoms with van der Waals surface area (Å²) in [5.41, 5.74) is 2.74. The molecule has 1 fully saturated rings. The molecule has 0 spiro atoms. The fourth-order valence-electron chi connectivity index (χ4n) is 3.16. The van der Waals surface area contributed by atoms with E-state index >= 15 is 0 Å². The van der Waals surface area contributed by atoms with E-state index in [1.165, 1.54) is 23.8 Å². The molecule has 1 aromatic carbocycles. The Morgan fingerprint density at radius 1 is 1.21 bits per heavy atom. The summed E-state index contributed by atoms with van der Waals surface area (Å²) in [4.78, 5) is 40.5. The molecule has 154 valence electrons. The number of aryl methyl sites for hydroxylation is 1. The van der Waals surface area contributed by atoms with Gasteiger partial charge in [-0.3, -0.25) is 14.9 Å². The van der Waals surface area contributed by atoms with E-state index in [1.807, 2.05) is 31.2 Å². The topological polar surface area (TPSA) is 97.4 Å². The molecule has 1 aliphatic rings. The van der Waals surface area contributed by atoms with Gasteiger partial charge in [-0.05, 0) is 26.7 Å². The van der Waals surface area contributed by atoms with Crippen LogP contribution >= 0.6 is 11.3 Å². The highest BCUT2D eigenvalue weighted by Crippen LogP contribution is 2.24. The molecule has 0 radical (unpaired) electrons. The number of nitrogens with one attached hydrogen (secondary N) is 2. The molecule has 1 aliphatic carbocycles. The second-order valence-corrected chi connectivity index (χ2v) is 8.12. The number of hydrogen-bond donors (Lipinski definition) is 2. The fraction of sp³-hybridized carbons (Fsp3) is 0.429. The fourth-order valence-corrected chi connectivity index (χ4v) is 3.99. The van der Waals surface area contributed by atoms with Gasteiger partial charge in [0.05, 0.1) is 12.1 Å². The summed E-state index contributed by atoms with van der Waals surface area (Å²) in [6.07, 6.45) is 2.90. The van der Waals surface area contributed by atoms with Crippen LogP contribution in [-0.4, -0.2) is 35.0 Å². The van der Waals surface area contributed by atoms with Crippen molar-refractivity contribution in [3.05, 3.63) is 40.9 Å². The van der Waals surface area contributed by atoms with Gasteiger partial charge in [0, 0.05) is 17.0 Å². The van der Waals surface area contributed by atoms with Crippen molar-refractivity contribution in [3.63, 3.8) is 0 Å². The van der Waals surface area contributed by atoms with E-state index in [4.69, 9.17) is 4.74 Å². The molecular weight excluding hydrogens is 390 g/mol. The number of carbonyl (C=O) groups excluding carboxylic acids is 3. The molecule has 1 aromatic heterocycles. The first-order valence-corrected chi connectivity index (χ1v) is 10.6. The number of rotatable bonds is 6. The van der Waals surface area contributed by atoms with E-state index in [-0.39, 0.29) is 12.5 Å². The largest absolute Gasteiger partial charge is 0.452 e. The molecule has 1 saturated carbocycles. The number of aromatic nitrogens is 1. The van der Waals surface area contributed by atoms with Gasteiger partial charge in [0.15, 0.2) is 6.10 Å². The summed E-state index contributed by atoms with van der Waals surface area (Å²) in [5, 5.41) is 7.61. The molecule has 2 N–H and O–H groups in total. The summed E-state index contributed by atoms with van der Waals surface area (Å²) < 4.78 is 5.15. The molecule has 0 saturated heterocycles. The molecular formula is C21H25N3O4S. The minimum atomic E-state index is -1.06. The summed E-state index contributed by atoms with van der Waals surface area (Å²) in [6, 6.07) is 7.54.